The van der Waals surface area contributed by atoms with Crippen LogP contribution in [0, 0.1) is 20.8 Å². The normalized spacial score (nSPS) is 11.6. The van der Waals surface area contributed by atoms with Gasteiger partial charge in [0.05, 0.1) is 0 Å². The Morgan fingerprint density at radius 2 is 1.67 bits per heavy atom. The van der Waals surface area contributed by atoms with E-state index in [1.807, 2.05) is 0 Å². The largest absolute Gasteiger partial charge is 0.489 e. The Labute approximate surface area is 151 Å². The first-order chi connectivity index (χ1) is 12.7. The molecule has 0 aliphatic rings. The lowest BCUT2D eigenvalue weighted by Gasteiger charge is -2.13. The standard InChI is InChI=1S/C16H15F3N4O4/c1-8-6-11(13-20-14(27-23-13)16(17,18)19)7-9(2)12(8)24-4-5-25-15-22-21-10(3)26-15/h6-7H,4-5H2,1-3H3. The fourth-order valence-electron chi connectivity index (χ4n) is 2.37. The van der Waals surface area contributed by atoms with Crippen molar-refractivity contribution in [2.24, 2.45) is 0 Å². The maximum absolute atomic E-state index is 12.6. The summed E-state index contributed by atoms with van der Waals surface area (Å²) < 4.78 is 58.1. The first kappa shape index (κ1) is 18.7. The second-order valence-corrected chi connectivity index (χ2v) is 5.64. The van der Waals surface area contributed by atoms with E-state index < -0.39 is 12.1 Å². The third kappa shape index (κ3) is 4.36. The van der Waals surface area contributed by atoms with Crippen LogP contribution in [0.2, 0.25) is 0 Å². The van der Waals surface area contributed by atoms with Gasteiger partial charge in [-0.3, -0.25) is 0 Å². The first-order valence-corrected chi connectivity index (χ1v) is 7.82. The molecule has 0 amide bonds. The number of hydrogen-bond donors (Lipinski definition) is 0. The zero-order chi connectivity index (χ0) is 19.6. The molecule has 144 valence electrons. The lowest BCUT2D eigenvalue weighted by atomic mass is 10.1. The molecule has 0 aliphatic carbocycles. The van der Waals surface area contributed by atoms with Gasteiger partial charge >= 0.3 is 18.1 Å². The minimum Gasteiger partial charge on any atom is -0.489 e. The Kier molecular flexibility index (Phi) is 5.02. The van der Waals surface area contributed by atoms with Crippen LogP contribution in [0.4, 0.5) is 13.2 Å². The van der Waals surface area contributed by atoms with E-state index in [0.717, 1.165) is 0 Å². The van der Waals surface area contributed by atoms with Crippen molar-refractivity contribution < 1.29 is 31.6 Å². The summed E-state index contributed by atoms with van der Waals surface area (Å²) >= 11 is 0. The van der Waals surface area contributed by atoms with E-state index in [0.29, 0.717) is 28.3 Å². The number of aryl methyl sites for hydroxylation is 3. The maximum atomic E-state index is 12.6. The first-order valence-electron chi connectivity index (χ1n) is 7.82. The average molecular weight is 384 g/mol. The summed E-state index contributed by atoms with van der Waals surface area (Å²) in [7, 11) is 0. The zero-order valence-corrected chi connectivity index (χ0v) is 14.6. The number of nitrogens with zero attached hydrogens (tertiary/aromatic N) is 4. The fourth-order valence-corrected chi connectivity index (χ4v) is 2.37. The van der Waals surface area contributed by atoms with Crippen LogP contribution in [0.5, 0.6) is 11.8 Å². The average Bonchev–Trinajstić information content (AvgIpc) is 3.22. The van der Waals surface area contributed by atoms with Crippen LogP contribution in [0.1, 0.15) is 22.9 Å². The number of hydrogen-bond acceptors (Lipinski definition) is 8. The summed E-state index contributed by atoms with van der Waals surface area (Å²) in [6.07, 6.45) is -4.63. The molecule has 0 N–H and O–H groups in total. The summed E-state index contributed by atoms with van der Waals surface area (Å²) in [5.74, 6) is -0.552. The molecule has 0 bridgehead atoms. The Morgan fingerprint density at radius 3 is 2.22 bits per heavy atom. The molecule has 0 saturated carbocycles. The van der Waals surface area contributed by atoms with Crippen molar-refractivity contribution in [1.82, 2.24) is 20.3 Å². The second kappa shape index (κ2) is 7.25. The van der Waals surface area contributed by atoms with Crippen LogP contribution >= 0.6 is 0 Å². The molecule has 8 nitrogen and oxygen atoms in total. The summed E-state index contributed by atoms with van der Waals surface area (Å²) in [6, 6.07) is 3.24. The van der Waals surface area contributed by atoms with Gasteiger partial charge in [0.2, 0.25) is 11.7 Å². The van der Waals surface area contributed by atoms with Crippen LogP contribution < -0.4 is 9.47 Å². The number of alkyl halides is 3. The van der Waals surface area contributed by atoms with Crippen LogP contribution in [-0.2, 0) is 6.18 Å². The second-order valence-electron chi connectivity index (χ2n) is 5.64. The fraction of sp³-hybridized carbons (Fsp3) is 0.375. The van der Waals surface area contributed by atoms with Crippen LogP contribution in [0.15, 0.2) is 21.1 Å². The highest BCUT2D eigenvalue weighted by Gasteiger charge is 2.38. The van der Waals surface area contributed by atoms with Crippen LogP contribution in [0.25, 0.3) is 11.4 Å². The lowest BCUT2D eigenvalue weighted by molar-refractivity contribution is -0.159. The number of halogens is 3. The van der Waals surface area contributed by atoms with Gasteiger partial charge in [0, 0.05) is 12.5 Å². The van der Waals surface area contributed by atoms with Crippen molar-refractivity contribution in [2.75, 3.05) is 13.2 Å². The highest BCUT2D eigenvalue weighted by Crippen LogP contribution is 2.32. The Hall–Kier alpha value is -3.11. The van der Waals surface area contributed by atoms with E-state index in [1.54, 1.807) is 32.9 Å². The highest BCUT2D eigenvalue weighted by molar-refractivity contribution is 5.61. The van der Waals surface area contributed by atoms with Crippen molar-refractivity contribution in [3.05, 3.63) is 35.0 Å². The Balaban J connectivity index is 1.66. The van der Waals surface area contributed by atoms with E-state index in [1.165, 1.54) is 0 Å². The van der Waals surface area contributed by atoms with E-state index in [4.69, 9.17) is 13.9 Å². The molecule has 3 rings (SSSR count). The lowest BCUT2D eigenvalue weighted by Crippen LogP contribution is -2.10. The topological polar surface area (TPSA) is 96.3 Å². The molecule has 3 aromatic rings. The van der Waals surface area contributed by atoms with E-state index in [-0.39, 0.29) is 25.1 Å². The minimum atomic E-state index is -4.69. The summed E-state index contributed by atoms with van der Waals surface area (Å²) in [6.45, 7) is 5.56. The number of rotatable bonds is 6. The van der Waals surface area contributed by atoms with Gasteiger partial charge in [-0.05, 0) is 37.1 Å². The summed E-state index contributed by atoms with van der Waals surface area (Å²) in [4.78, 5) is 3.39. The van der Waals surface area contributed by atoms with Gasteiger partial charge in [0.1, 0.15) is 19.0 Å². The molecule has 11 heteroatoms. The summed E-state index contributed by atoms with van der Waals surface area (Å²) in [5, 5.41) is 10.7. The van der Waals surface area contributed by atoms with Crippen molar-refractivity contribution in [1.29, 1.82) is 0 Å². The Bertz CT molecular complexity index is 913. The van der Waals surface area contributed by atoms with Gasteiger partial charge in [-0.25, -0.2) is 0 Å². The quantitative estimate of drug-likeness (QED) is 0.596. The number of aromatic nitrogens is 4. The molecular formula is C16H15F3N4O4. The molecule has 0 saturated heterocycles. The molecule has 0 radical (unpaired) electrons. The van der Waals surface area contributed by atoms with Gasteiger partial charge in [-0.15, -0.1) is 5.10 Å². The maximum Gasteiger partial charge on any atom is 0.471 e. The van der Waals surface area contributed by atoms with Crippen molar-refractivity contribution in [2.45, 2.75) is 26.9 Å². The number of benzene rings is 1. The van der Waals surface area contributed by atoms with Gasteiger partial charge in [0.25, 0.3) is 0 Å². The molecule has 0 fully saturated rings. The SMILES string of the molecule is Cc1nnc(OCCOc2c(C)cc(-c3noc(C(F)(F)F)n3)cc2C)o1. The molecule has 2 aromatic heterocycles. The monoisotopic (exact) mass is 384 g/mol. The smallest absolute Gasteiger partial charge is 0.471 e. The highest BCUT2D eigenvalue weighted by atomic mass is 19.4. The number of ether oxygens (including phenoxy) is 2. The third-order valence-electron chi connectivity index (χ3n) is 3.45. The van der Waals surface area contributed by atoms with E-state index >= 15 is 0 Å². The molecule has 2 heterocycles. The third-order valence-corrected chi connectivity index (χ3v) is 3.45. The Morgan fingerprint density at radius 1 is 1.00 bits per heavy atom. The minimum absolute atomic E-state index is 0.0532. The predicted molar refractivity (Wildman–Crippen MR) is 84.2 cm³/mol. The van der Waals surface area contributed by atoms with Gasteiger partial charge < -0.3 is 18.4 Å². The van der Waals surface area contributed by atoms with Crippen molar-refractivity contribution >= 4 is 0 Å². The van der Waals surface area contributed by atoms with Crippen LogP contribution in [-0.4, -0.2) is 33.6 Å². The van der Waals surface area contributed by atoms with Gasteiger partial charge in [-0.2, -0.15) is 18.2 Å². The van der Waals surface area contributed by atoms with Gasteiger partial charge in [0.15, 0.2) is 0 Å². The summed E-state index contributed by atoms with van der Waals surface area (Å²) in [5.41, 5.74) is 1.81. The van der Waals surface area contributed by atoms with Crippen molar-refractivity contribution in [3.63, 3.8) is 0 Å². The van der Waals surface area contributed by atoms with E-state index in [9.17, 15) is 13.2 Å². The molecule has 27 heavy (non-hydrogen) atoms. The predicted octanol–water partition coefficient (Wildman–Crippen LogP) is 3.52. The molecular weight excluding hydrogens is 369 g/mol. The molecule has 0 spiro atoms. The van der Waals surface area contributed by atoms with E-state index in [2.05, 4.69) is 24.9 Å². The van der Waals surface area contributed by atoms with Crippen molar-refractivity contribution in [3.8, 4) is 23.2 Å². The molecule has 1 aromatic carbocycles. The van der Waals surface area contributed by atoms with Gasteiger partial charge in [-0.1, -0.05) is 10.3 Å². The zero-order valence-electron chi connectivity index (χ0n) is 14.6. The molecule has 0 aliphatic heterocycles. The molecule has 0 atom stereocenters. The molecule has 0 unspecified atom stereocenters. The van der Waals surface area contributed by atoms with Crippen LogP contribution in [0.3, 0.4) is 0 Å².